The van der Waals surface area contributed by atoms with Crippen LogP contribution in [0.15, 0.2) is 0 Å². The Bertz CT molecular complexity index is 96.1. The Kier molecular flexibility index (Phi) is 7.15. The van der Waals surface area contributed by atoms with Crippen molar-refractivity contribution < 1.29 is 4.79 Å². The maximum absolute atomic E-state index is 9.70. The van der Waals surface area contributed by atoms with E-state index in [2.05, 4.69) is 24.5 Å². The molecule has 11 heavy (non-hydrogen) atoms. The predicted octanol–water partition coefficient (Wildman–Crippen LogP) is 0.421. The summed E-state index contributed by atoms with van der Waals surface area (Å²) in [6.45, 7) is 5.98. The van der Waals surface area contributed by atoms with Crippen molar-refractivity contribution in [3.05, 3.63) is 0 Å². The highest BCUT2D eigenvalue weighted by Gasteiger charge is 1.94. The first-order chi connectivity index (χ1) is 5.31. The number of rotatable bonds is 7. The average molecular weight is 157 g/mol. The van der Waals surface area contributed by atoms with Gasteiger partial charge in [-0.15, -0.1) is 0 Å². The number of amides is 1. The van der Waals surface area contributed by atoms with Gasteiger partial charge in [-0.3, -0.25) is 4.79 Å². The zero-order valence-electron chi connectivity index (χ0n) is 7.31. The van der Waals surface area contributed by atoms with Crippen LogP contribution in [0.2, 0.25) is 0 Å². The maximum atomic E-state index is 9.70. The minimum Gasteiger partial charge on any atom is -0.348 e. The molecule has 1 amide bonds. The molecule has 3 heteroatoms. The van der Waals surface area contributed by atoms with E-state index in [1.54, 1.807) is 6.41 Å². The molecule has 0 aromatic carbocycles. The van der Waals surface area contributed by atoms with Crippen LogP contribution in [0.4, 0.5) is 0 Å². The van der Waals surface area contributed by atoms with Crippen LogP contribution >= 0.6 is 0 Å². The van der Waals surface area contributed by atoms with Crippen LogP contribution in [0.3, 0.4) is 0 Å². The van der Waals surface area contributed by atoms with Gasteiger partial charge in [0, 0.05) is 12.6 Å². The second-order valence-corrected chi connectivity index (χ2v) is 2.65. The highest BCUT2D eigenvalue weighted by molar-refractivity contribution is 5.46. The van der Waals surface area contributed by atoms with E-state index >= 15 is 0 Å². The largest absolute Gasteiger partial charge is 0.348 e. The van der Waals surface area contributed by atoms with Gasteiger partial charge in [0.15, 0.2) is 0 Å². The fourth-order valence-corrected chi connectivity index (χ4v) is 0.721. The molecule has 0 bridgehead atoms. The van der Waals surface area contributed by atoms with Gasteiger partial charge < -0.3 is 10.6 Å². The fourth-order valence-electron chi connectivity index (χ4n) is 0.721. The Morgan fingerprint density at radius 3 is 2.73 bits per heavy atom. The molecule has 0 aliphatic rings. The molecule has 0 rings (SSSR count). The highest BCUT2D eigenvalue weighted by Crippen LogP contribution is 1.86. The Balaban J connectivity index is 2.95. The van der Waals surface area contributed by atoms with Gasteiger partial charge >= 0.3 is 6.41 Å². The van der Waals surface area contributed by atoms with Gasteiger partial charge in [-0.1, -0.05) is 6.92 Å². The second kappa shape index (κ2) is 7.54. The summed E-state index contributed by atoms with van der Waals surface area (Å²) in [5, 5.41) is 5.82. The lowest BCUT2D eigenvalue weighted by Crippen LogP contribution is -2.28. The topological polar surface area (TPSA) is 41.1 Å². The average Bonchev–Trinajstić information content (AvgIpc) is 2.04. The standard InChI is InChI=1S/C8H17N2O/c1-3-8(2)10-6-4-5-9-7-11/h8,10H,3-6H2,1-2H3,(H,9,11). The first-order valence-corrected chi connectivity index (χ1v) is 4.14. The second-order valence-electron chi connectivity index (χ2n) is 2.65. The summed E-state index contributed by atoms with van der Waals surface area (Å²) in [6.07, 6.45) is 3.76. The molecule has 1 radical (unpaired) electrons. The predicted molar refractivity (Wildman–Crippen MR) is 46.1 cm³/mol. The van der Waals surface area contributed by atoms with E-state index in [0.717, 1.165) is 19.4 Å². The molecule has 3 nitrogen and oxygen atoms in total. The van der Waals surface area contributed by atoms with Gasteiger partial charge in [-0.05, 0) is 26.3 Å². The quantitative estimate of drug-likeness (QED) is 0.415. The van der Waals surface area contributed by atoms with Crippen LogP contribution < -0.4 is 10.6 Å². The van der Waals surface area contributed by atoms with Crippen molar-refractivity contribution >= 4 is 6.41 Å². The van der Waals surface area contributed by atoms with Crippen molar-refractivity contribution in [1.29, 1.82) is 0 Å². The third-order valence-corrected chi connectivity index (χ3v) is 1.66. The minimum atomic E-state index is 0.579. The van der Waals surface area contributed by atoms with Crippen LogP contribution in [0.1, 0.15) is 26.7 Å². The van der Waals surface area contributed by atoms with E-state index in [-0.39, 0.29) is 0 Å². The summed E-state index contributed by atoms with van der Waals surface area (Å²) >= 11 is 0. The molecule has 0 saturated carbocycles. The Morgan fingerprint density at radius 1 is 1.45 bits per heavy atom. The van der Waals surface area contributed by atoms with E-state index in [0.29, 0.717) is 12.6 Å². The van der Waals surface area contributed by atoms with Gasteiger partial charge in [0.25, 0.3) is 0 Å². The Morgan fingerprint density at radius 2 is 2.18 bits per heavy atom. The maximum Gasteiger partial charge on any atom is 0.309 e. The van der Waals surface area contributed by atoms with Gasteiger partial charge in [0.2, 0.25) is 0 Å². The van der Waals surface area contributed by atoms with Crippen molar-refractivity contribution in [2.45, 2.75) is 32.7 Å². The molecule has 0 saturated heterocycles. The highest BCUT2D eigenvalue weighted by atomic mass is 16.1. The van der Waals surface area contributed by atoms with Crippen LogP contribution in [0.5, 0.6) is 0 Å². The lowest BCUT2D eigenvalue weighted by Gasteiger charge is -2.09. The van der Waals surface area contributed by atoms with E-state index in [1.165, 1.54) is 0 Å². The molecule has 0 aliphatic carbocycles. The van der Waals surface area contributed by atoms with Crippen molar-refractivity contribution in [3.63, 3.8) is 0 Å². The summed E-state index contributed by atoms with van der Waals surface area (Å²) in [6, 6.07) is 0.579. The first kappa shape index (κ1) is 10.4. The lowest BCUT2D eigenvalue weighted by molar-refractivity contribution is 0.513. The number of hydrogen-bond donors (Lipinski definition) is 2. The summed E-state index contributed by atoms with van der Waals surface area (Å²) in [5.74, 6) is 0. The number of carbonyl (C=O) groups excluding carboxylic acids is 1. The summed E-state index contributed by atoms with van der Waals surface area (Å²) in [7, 11) is 0. The minimum absolute atomic E-state index is 0.579. The monoisotopic (exact) mass is 157 g/mol. The molecule has 0 spiro atoms. The van der Waals surface area contributed by atoms with Crippen molar-refractivity contribution in [1.82, 2.24) is 10.6 Å². The third kappa shape index (κ3) is 7.33. The Hall–Kier alpha value is -0.570. The molecule has 65 valence electrons. The summed E-state index contributed by atoms with van der Waals surface area (Å²) in [5.41, 5.74) is 0. The Labute approximate surface area is 68.6 Å². The molecular weight excluding hydrogens is 140 g/mol. The molecule has 0 heterocycles. The van der Waals surface area contributed by atoms with Gasteiger partial charge in [0.1, 0.15) is 0 Å². The molecular formula is C8H17N2O. The first-order valence-electron chi connectivity index (χ1n) is 4.14. The van der Waals surface area contributed by atoms with E-state index in [9.17, 15) is 4.79 Å². The van der Waals surface area contributed by atoms with Crippen LogP contribution in [0.25, 0.3) is 0 Å². The molecule has 0 aliphatic heterocycles. The van der Waals surface area contributed by atoms with Crippen molar-refractivity contribution in [3.8, 4) is 0 Å². The van der Waals surface area contributed by atoms with E-state index in [4.69, 9.17) is 0 Å². The molecule has 0 fully saturated rings. The van der Waals surface area contributed by atoms with Gasteiger partial charge in [-0.25, -0.2) is 0 Å². The number of hydrogen-bond acceptors (Lipinski definition) is 2. The van der Waals surface area contributed by atoms with Crippen molar-refractivity contribution in [2.24, 2.45) is 0 Å². The van der Waals surface area contributed by atoms with E-state index < -0.39 is 0 Å². The molecule has 2 N–H and O–H groups in total. The molecule has 0 aromatic heterocycles. The van der Waals surface area contributed by atoms with Crippen LogP contribution in [-0.4, -0.2) is 25.5 Å². The number of nitrogens with one attached hydrogen (secondary N) is 2. The SMILES string of the molecule is CCC(C)NCCCN[C]=O. The molecule has 1 unspecified atom stereocenters. The lowest BCUT2D eigenvalue weighted by atomic mass is 10.2. The molecule has 1 atom stereocenters. The molecule has 0 aromatic rings. The van der Waals surface area contributed by atoms with Gasteiger partial charge in [0.05, 0.1) is 0 Å². The van der Waals surface area contributed by atoms with Gasteiger partial charge in [-0.2, -0.15) is 0 Å². The fraction of sp³-hybridized carbons (Fsp3) is 0.875. The smallest absolute Gasteiger partial charge is 0.309 e. The third-order valence-electron chi connectivity index (χ3n) is 1.66. The van der Waals surface area contributed by atoms with Crippen molar-refractivity contribution in [2.75, 3.05) is 13.1 Å². The van der Waals surface area contributed by atoms with E-state index in [1.807, 2.05) is 0 Å². The zero-order valence-corrected chi connectivity index (χ0v) is 7.31. The summed E-state index contributed by atoms with van der Waals surface area (Å²) < 4.78 is 0. The zero-order chi connectivity index (χ0) is 8.53. The summed E-state index contributed by atoms with van der Waals surface area (Å²) in [4.78, 5) is 9.70. The normalized spacial score (nSPS) is 12.5. The van der Waals surface area contributed by atoms with Crippen LogP contribution in [0, 0.1) is 0 Å². The van der Waals surface area contributed by atoms with Crippen LogP contribution in [-0.2, 0) is 4.79 Å².